The molecule has 1 aromatic heterocycles. The molecule has 1 N–H and O–H groups in total. The number of aromatic nitrogens is 1. The van der Waals surface area contributed by atoms with Crippen LogP contribution in [-0.2, 0) is 11.3 Å². The van der Waals surface area contributed by atoms with Crippen molar-refractivity contribution in [3.8, 4) is 11.1 Å². The molecule has 1 amide bonds. The lowest BCUT2D eigenvalue weighted by Gasteiger charge is -2.17. The van der Waals surface area contributed by atoms with Gasteiger partial charge in [0.1, 0.15) is 0 Å². The molecular weight excluding hydrogens is 508 g/mol. The molecule has 208 valence electrons. The van der Waals surface area contributed by atoms with Crippen LogP contribution in [0.5, 0.6) is 0 Å². The number of benzene rings is 4. The van der Waals surface area contributed by atoms with E-state index >= 15 is 0 Å². The molecular formula is C36H36N2O3. The summed E-state index contributed by atoms with van der Waals surface area (Å²) < 4.78 is 7.52. The fourth-order valence-corrected chi connectivity index (χ4v) is 5.48. The molecule has 0 aliphatic heterocycles. The molecule has 0 saturated heterocycles. The highest BCUT2D eigenvalue weighted by atomic mass is 16.5. The molecule has 5 nitrogen and oxygen atoms in total. The van der Waals surface area contributed by atoms with Gasteiger partial charge in [0.05, 0.1) is 18.2 Å². The summed E-state index contributed by atoms with van der Waals surface area (Å²) in [4.78, 5) is 25.7. The largest absolute Gasteiger partial charge is 0.462 e. The highest BCUT2D eigenvalue weighted by Crippen LogP contribution is 2.31. The average molecular weight is 545 g/mol. The van der Waals surface area contributed by atoms with Gasteiger partial charge >= 0.3 is 5.97 Å². The predicted octanol–water partition coefficient (Wildman–Crippen LogP) is 8.03. The van der Waals surface area contributed by atoms with Crippen molar-refractivity contribution in [2.45, 2.75) is 46.7 Å². The van der Waals surface area contributed by atoms with E-state index in [-0.39, 0.29) is 17.9 Å². The average Bonchev–Trinajstić information content (AvgIpc) is 3.24. The lowest BCUT2D eigenvalue weighted by Crippen LogP contribution is -2.28. The van der Waals surface area contributed by atoms with Crippen molar-refractivity contribution >= 4 is 22.8 Å². The first-order valence-corrected chi connectivity index (χ1v) is 14.2. The second-order valence-electron chi connectivity index (χ2n) is 10.3. The third kappa shape index (κ3) is 5.80. The molecule has 5 aromatic rings. The molecule has 1 unspecified atom stereocenters. The van der Waals surface area contributed by atoms with E-state index in [9.17, 15) is 9.59 Å². The summed E-state index contributed by atoms with van der Waals surface area (Å²) in [6.45, 7) is 9.14. The highest BCUT2D eigenvalue weighted by molar-refractivity contribution is 5.99. The number of esters is 1. The summed E-state index contributed by atoms with van der Waals surface area (Å²) in [6.07, 6.45) is 0.814. The van der Waals surface area contributed by atoms with Crippen LogP contribution >= 0.6 is 0 Å². The maximum absolute atomic E-state index is 13.3. The topological polar surface area (TPSA) is 60.3 Å². The van der Waals surface area contributed by atoms with Gasteiger partial charge < -0.3 is 14.6 Å². The van der Waals surface area contributed by atoms with E-state index in [1.165, 1.54) is 0 Å². The minimum absolute atomic E-state index is 0.0364. The smallest absolute Gasteiger partial charge is 0.338 e. The summed E-state index contributed by atoms with van der Waals surface area (Å²) in [6, 6.07) is 31.9. The fraction of sp³-hybridized carbons (Fsp3) is 0.222. The maximum atomic E-state index is 13.3. The molecule has 0 bridgehead atoms. The first-order valence-electron chi connectivity index (χ1n) is 14.2. The van der Waals surface area contributed by atoms with Crippen molar-refractivity contribution in [1.29, 1.82) is 0 Å². The van der Waals surface area contributed by atoms with E-state index in [0.717, 1.165) is 50.8 Å². The number of ether oxygens (including phenoxy) is 1. The molecule has 5 heteroatoms. The minimum Gasteiger partial charge on any atom is -0.462 e. The van der Waals surface area contributed by atoms with Crippen LogP contribution in [0.4, 0.5) is 0 Å². The normalized spacial score (nSPS) is 11.8. The number of carbonyl (C=O) groups excluding carboxylic acids is 2. The standard InChI is InChI=1S/C36H36N2O3/c1-5-33(26-13-8-7-9-14-26)37-35(39)28-19-20-34-32(22-28)24(3)25(4)38(34)23-30-15-10-11-18-31(30)27-16-12-17-29(21-27)36(40)41-6-2/h7-22,33H,5-6,23H2,1-4H3,(H,37,39). The Morgan fingerprint density at radius 2 is 1.59 bits per heavy atom. The Balaban J connectivity index is 1.45. The van der Waals surface area contributed by atoms with Crippen LogP contribution in [0.15, 0.2) is 97.1 Å². The summed E-state index contributed by atoms with van der Waals surface area (Å²) in [5.74, 6) is -0.386. The van der Waals surface area contributed by atoms with Crippen LogP contribution < -0.4 is 5.32 Å². The van der Waals surface area contributed by atoms with Crippen LogP contribution in [0.3, 0.4) is 0 Å². The van der Waals surface area contributed by atoms with Gasteiger partial charge in [-0.2, -0.15) is 0 Å². The van der Waals surface area contributed by atoms with E-state index in [4.69, 9.17) is 4.74 Å². The van der Waals surface area contributed by atoms with Crippen molar-refractivity contribution in [2.75, 3.05) is 6.61 Å². The zero-order valence-corrected chi connectivity index (χ0v) is 24.1. The molecule has 4 aromatic carbocycles. The van der Waals surface area contributed by atoms with Gasteiger partial charge in [-0.3, -0.25) is 4.79 Å². The van der Waals surface area contributed by atoms with Crippen LogP contribution in [0.25, 0.3) is 22.0 Å². The molecule has 0 saturated carbocycles. The Labute approximate surface area is 241 Å². The van der Waals surface area contributed by atoms with Gasteiger partial charge in [0.15, 0.2) is 0 Å². The van der Waals surface area contributed by atoms with Crippen molar-refractivity contribution in [2.24, 2.45) is 0 Å². The van der Waals surface area contributed by atoms with Crippen LogP contribution in [0.1, 0.15) is 69.4 Å². The van der Waals surface area contributed by atoms with Gasteiger partial charge in [-0.1, -0.05) is 73.7 Å². The number of rotatable bonds is 9. The van der Waals surface area contributed by atoms with E-state index in [1.54, 1.807) is 6.07 Å². The molecule has 0 aliphatic carbocycles. The second kappa shape index (κ2) is 12.3. The lowest BCUT2D eigenvalue weighted by atomic mass is 9.98. The van der Waals surface area contributed by atoms with E-state index in [1.807, 2.05) is 67.6 Å². The summed E-state index contributed by atoms with van der Waals surface area (Å²) in [7, 11) is 0. The van der Waals surface area contributed by atoms with Crippen LogP contribution in [-0.4, -0.2) is 23.1 Å². The third-order valence-electron chi connectivity index (χ3n) is 7.85. The van der Waals surface area contributed by atoms with Gasteiger partial charge in [-0.05, 0) is 85.3 Å². The Morgan fingerprint density at radius 3 is 2.34 bits per heavy atom. The first kappa shape index (κ1) is 27.9. The van der Waals surface area contributed by atoms with Crippen LogP contribution in [0.2, 0.25) is 0 Å². The van der Waals surface area contributed by atoms with Gasteiger partial charge in [0.25, 0.3) is 5.91 Å². The quantitative estimate of drug-likeness (QED) is 0.191. The van der Waals surface area contributed by atoms with Crippen molar-refractivity contribution in [3.63, 3.8) is 0 Å². The van der Waals surface area contributed by atoms with Gasteiger partial charge in [0.2, 0.25) is 0 Å². The lowest BCUT2D eigenvalue weighted by molar-refractivity contribution is 0.0526. The molecule has 0 radical (unpaired) electrons. The van der Waals surface area contributed by atoms with E-state index < -0.39 is 0 Å². The molecule has 5 rings (SSSR count). The Kier molecular flexibility index (Phi) is 8.34. The van der Waals surface area contributed by atoms with E-state index in [0.29, 0.717) is 24.3 Å². The first-order chi connectivity index (χ1) is 19.9. The molecule has 0 fully saturated rings. The monoisotopic (exact) mass is 544 g/mol. The van der Waals surface area contributed by atoms with Crippen LogP contribution in [0, 0.1) is 13.8 Å². The Bertz CT molecular complexity index is 1700. The molecule has 0 aliphatic rings. The SMILES string of the molecule is CCOC(=O)c1cccc(-c2ccccc2Cn2c(C)c(C)c3cc(C(=O)NC(CC)c4ccccc4)ccc32)c1. The number of aryl methyl sites for hydroxylation is 1. The number of amides is 1. The van der Waals surface area contributed by atoms with Crippen molar-refractivity contribution in [3.05, 3.63) is 131 Å². The molecule has 41 heavy (non-hydrogen) atoms. The Hall–Kier alpha value is -4.64. The third-order valence-corrected chi connectivity index (χ3v) is 7.85. The number of carbonyl (C=O) groups is 2. The number of hydrogen-bond acceptors (Lipinski definition) is 3. The zero-order valence-electron chi connectivity index (χ0n) is 24.1. The summed E-state index contributed by atoms with van der Waals surface area (Å²) >= 11 is 0. The summed E-state index contributed by atoms with van der Waals surface area (Å²) in [5.41, 5.74) is 8.89. The maximum Gasteiger partial charge on any atom is 0.338 e. The van der Waals surface area contributed by atoms with Crippen molar-refractivity contribution in [1.82, 2.24) is 9.88 Å². The predicted molar refractivity (Wildman–Crippen MR) is 165 cm³/mol. The highest BCUT2D eigenvalue weighted by Gasteiger charge is 2.18. The van der Waals surface area contributed by atoms with Crippen molar-refractivity contribution < 1.29 is 14.3 Å². The van der Waals surface area contributed by atoms with Gasteiger partial charge in [-0.15, -0.1) is 0 Å². The van der Waals surface area contributed by atoms with E-state index in [2.05, 4.69) is 61.0 Å². The molecule has 1 heterocycles. The number of fused-ring (bicyclic) bond motifs is 1. The number of nitrogens with zero attached hydrogens (tertiary/aromatic N) is 1. The summed E-state index contributed by atoms with van der Waals surface area (Å²) in [5, 5.41) is 4.29. The minimum atomic E-state index is -0.316. The molecule has 0 spiro atoms. The number of nitrogens with one attached hydrogen (secondary N) is 1. The van der Waals surface area contributed by atoms with Gasteiger partial charge in [-0.25, -0.2) is 4.79 Å². The Morgan fingerprint density at radius 1 is 0.829 bits per heavy atom. The number of hydrogen-bond donors (Lipinski definition) is 1. The zero-order chi connectivity index (χ0) is 28.9. The van der Waals surface area contributed by atoms with Gasteiger partial charge in [0, 0.05) is 28.7 Å². The molecule has 1 atom stereocenters. The second-order valence-corrected chi connectivity index (χ2v) is 10.3. The fourth-order valence-electron chi connectivity index (χ4n) is 5.48.